The molecular formula is C13H13NO3. The van der Waals surface area contributed by atoms with E-state index >= 15 is 0 Å². The van der Waals surface area contributed by atoms with Crippen LogP contribution in [0.2, 0.25) is 0 Å². The van der Waals surface area contributed by atoms with Crippen molar-refractivity contribution in [1.82, 2.24) is 5.06 Å². The fraction of sp³-hybridized carbons (Fsp3) is 0.231. The Morgan fingerprint density at radius 2 is 1.76 bits per heavy atom. The number of nitrogens with zero attached hydrogens (tertiary/aromatic N) is 1. The molecule has 1 heterocycles. The lowest BCUT2D eigenvalue weighted by atomic mass is 10.1. The molecule has 1 saturated heterocycles. The molecular weight excluding hydrogens is 218 g/mol. The zero-order valence-corrected chi connectivity index (χ0v) is 9.39. The second-order valence-corrected chi connectivity index (χ2v) is 3.80. The van der Waals surface area contributed by atoms with Crippen molar-refractivity contribution in [3.05, 3.63) is 42.0 Å². The van der Waals surface area contributed by atoms with E-state index < -0.39 is 0 Å². The molecule has 0 aliphatic carbocycles. The second kappa shape index (κ2) is 4.93. The molecule has 0 saturated carbocycles. The van der Waals surface area contributed by atoms with Crippen molar-refractivity contribution < 1.29 is 14.4 Å². The zero-order chi connectivity index (χ0) is 12.3. The number of imide groups is 1. The molecule has 4 heteroatoms. The number of carbonyl (C=O) groups is 2. The van der Waals surface area contributed by atoms with E-state index in [1.54, 1.807) is 6.08 Å². The number of amides is 2. The molecule has 0 aromatic heterocycles. The van der Waals surface area contributed by atoms with Crippen LogP contribution in [0, 0.1) is 0 Å². The highest BCUT2D eigenvalue weighted by molar-refractivity contribution is 6.00. The van der Waals surface area contributed by atoms with Gasteiger partial charge in [0.15, 0.2) is 0 Å². The van der Waals surface area contributed by atoms with E-state index in [0.29, 0.717) is 0 Å². The van der Waals surface area contributed by atoms with Crippen molar-refractivity contribution in [3.63, 3.8) is 0 Å². The molecule has 0 atom stereocenters. The number of hydroxylamine groups is 2. The fourth-order valence-corrected chi connectivity index (χ4v) is 1.59. The minimum atomic E-state index is -0.266. The third-order valence-corrected chi connectivity index (χ3v) is 2.58. The van der Waals surface area contributed by atoms with Gasteiger partial charge >= 0.3 is 0 Å². The lowest BCUT2D eigenvalue weighted by molar-refractivity contribution is -0.191. The average molecular weight is 231 g/mol. The van der Waals surface area contributed by atoms with Crippen LogP contribution in [0.5, 0.6) is 0 Å². The van der Waals surface area contributed by atoms with Gasteiger partial charge in [-0.25, -0.2) is 0 Å². The third kappa shape index (κ3) is 2.60. The summed E-state index contributed by atoms with van der Waals surface area (Å²) in [6.45, 7) is 3.88. The number of rotatable bonds is 4. The highest BCUT2D eigenvalue weighted by atomic mass is 16.7. The normalized spacial score (nSPS) is 15.4. The lowest BCUT2D eigenvalue weighted by Gasteiger charge is -2.13. The summed E-state index contributed by atoms with van der Waals surface area (Å²) in [4.78, 5) is 27.7. The predicted molar refractivity (Wildman–Crippen MR) is 62.4 cm³/mol. The number of benzene rings is 1. The highest BCUT2D eigenvalue weighted by Gasteiger charge is 2.30. The number of hydrogen-bond donors (Lipinski definition) is 0. The first kappa shape index (κ1) is 11.5. The maximum absolute atomic E-state index is 11.3. The molecule has 0 unspecified atom stereocenters. The molecule has 0 radical (unpaired) electrons. The van der Waals surface area contributed by atoms with Gasteiger partial charge in [-0.3, -0.25) is 14.4 Å². The molecule has 1 aliphatic rings. The smallest absolute Gasteiger partial charge is 0.254 e. The molecule has 1 fully saturated rings. The van der Waals surface area contributed by atoms with E-state index in [4.69, 9.17) is 4.84 Å². The quantitative estimate of drug-likeness (QED) is 0.743. The van der Waals surface area contributed by atoms with Crippen molar-refractivity contribution in [2.24, 2.45) is 0 Å². The van der Waals surface area contributed by atoms with Crippen LogP contribution in [0.25, 0.3) is 6.08 Å². The first-order chi connectivity index (χ1) is 8.20. The molecule has 0 bridgehead atoms. The Labute approximate surface area is 99.4 Å². The molecule has 88 valence electrons. The van der Waals surface area contributed by atoms with Crippen LogP contribution in [0.4, 0.5) is 0 Å². The Hall–Kier alpha value is -1.94. The number of hydrogen-bond acceptors (Lipinski definition) is 3. The summed E-state index contributed by atoms with van der Waals surface area (Å²) in [6, 6.07) is 7.56. The van der Waals surface area contributed by atoms with Crippen LogP contribution in [0.1, 0.15) is 24.0 Å². The average Bonchev–Trinajstić information content (AvgIpc) is 2.67. The van der Waals surface area contributed by atoms with Crippen LogP contribution in [0.15, 0.2) is 30.8 Å². The van der Waals surface area contributed by atoms with E-state index in [2.05, 4.69) is 6.58 Å². The van der Waals surface area contributed by atoms with Gasteiger partial charge in [-0.2, -0.15) is 5.06 Å². The molecule has 4 nitrogen and oxygen atoms in total. The molecule has 0 N–H and O–H groups in total. The van der Waals surface area contributed by atoms with Gasteiger partial charge in [0.05, 0.1) is 0 Å². The van der Waals surface area contributed by atoms with Gasteiger partial charge < -0.3 is 0 Å². The van der Waals surface area contributed by atoms with Gasteiger partial charge in [-0.1, -0.05) is 36.9 Å². The molecule has 1 aromatic rings. The van der Waals surface area contributed by atoms with Gasteiger partial charge in [0.25, 0.3) is 11.8 Å². The Morgan fingerprint density at radius 3 is 2.29 bits per heavy atom. The van der Waals surface area contributed by atoms with Crippen molar-refractivity contribution in [2.45, 2.75) is 19.4 Å². The van der Waals surface area contributed by atoms with Crippen LogP contribution in [-0.2, 0) is 21.0 Å². The van der Waals surface area contributed by atoms with Crippen molar-refractivity contribution in [2.75, 3.05) is 0 Å². The zero-order valence-electron chi connectivity index (χ0n) is 9.39. The summed E-state index contributed by atoms with van der Waals surface area (Å²) in [5, 5.41) is 0.863. The molecule has 2 rings (SSSR count). The second-order valence-electron chi connectivity index (χ2n) is 3.80. The first-order valence-electron chi connectivity index (χ1n) is 5.41. The van der Waals surface area contributed by atoms with Crippen molar-refractivity contribution >= 4 is 17.9 Å². The highest BCUT2D eigenvalue weighted by Crippen LogP contribution is 2.14. The summed E-state index contributed by atoms with van der Waals surface area (Å²) < 4.78 is 0. The molecule has 2 amide bonds. The molecule has 1 aromatic carbocycles. The van der Waals surface area contributed by atoms with Crippen LogP contribution < -0.4 is 0 Å². The summed E-state index contributed by atoms with van der Waals surface area (Å²) in [5.74, 6) is -0.532. The Kier molecular flexibility index (Phi) is 3.35. The standard InChI is InChI=1S/C13H13NO3/c1-2-10-3-5-11(6-4-10)9-17-14-12(15)7-8-13(14)16/h2-6H,1,7-9H2. The Bertz CT molecular complexity index is 434. The van der Waals surface area contributed by atoms with Gasteiger partial charge in [0.1, 0.15) is 6.61 Å². The largest absolute Gasteiger partial charge is 0.272 e. The summed E-state index contributed by atoms with van der Waals surface area (Å²) >= 11 is 0. The van der Waals surface area contributed by atoms with E-state index in [0.717, 1.165) is 16.2 Å². The van der Waals surface area contributed by atoms with Gasteiger partial charge in [-0.05, 0) is 11.1 Å². The van der Waals surface area contributed by atoms with Crippen molar-refractivity contribution in [3.8, 4) is 0 Å². The van der Waals surface area contributed by atoms with Gasteiger partial charge in [-0.15, -0.1) is 0 Å². The summed E-state index contributed by atoms with van der Waals surface area (Å²) in [6.07, 6.45) is 2.24. The fourth-order valence-electron chi connectivity index (χ4n) is 1.59. The van der Waals surface area contributed by atoms with Crippen molar-refractivity contribution in [1.29, 1.82) is 0 Å². The van der Waals surface area contributed by atoms with Crippen LogP contribution >= 0.6 is 0 Å². The van der Waals surface area contributed by atoms with E-state index in [1.165, 1.54) is 0 Å². The monoisotopic (exact) mass is 231 g/mol. The lowest BCUT2D eigenvalue weighted by Crippen LogP contribution is -2.28. The minimum absolute atomic E-state index is 0.217. The summed E-state index contributed by atoms with van der Waals surface area (Å²) in [5.41, 5.74) is 1.92. The van der Waals surface area contributed by atoms with E-state index in [1.807, 2.05) is 24.3 Å². The van der Waals surface area contributed by atoms with Crippen LogP contribution in [-0.4, -0.2) is 16.9 Å². The predicted octanol–water partition coefficient (Wildman–Crippen LogP) is 1.91. The molecule has 17 heavy (non-hydrogen) atoms. The Morgan fingerprint density at radius 1 is 1.18 bits per heavy atom. The summed E-state index contributed by atoms with van der Waals surface area (Å²) in [7, 11) is 0. The molecule has 0 spiro atoms. The van der Waals surface area contributed by atoms with E-state index in [9.17, 15) is 9.59 Å². The minimum Gasteiger partial charge on any atom is -0.272 e. The van der Waals surface area contributed by atoms with Gasteiger partial charge in [0.2, 0.25) is 0 Å². The maximum Gasteiger partial charge on any atom is 0.254 e. The number of carbonyl (C=O) groups excluding carboxylic acids is 2. The van der Waals surface area contributed by atoms with Crippen LogP contribution in [0.3, 0.4) is 0 Å². The van der Waals surface area contributed by atoms with E-state index in [-0.39, 0.29) is 31.3 Å². The SMILES string of the molecule is C=Cc1ccc(CON2C(=O)CCC2=O)cc1. The Balaban J connectivity index is 1.95. The topological polar surface area (TPSA) is 46.6 Å². The first-order valence-corrected chi connectivity index (χ1v) is 5.41. The maximum atomic E-state index is 11.3. The van der Waals surface area contributed by atoms with Gasteiger partial charge in [0, 0.05) is 12.8 Å². The third-order valence-electron chi connectivity index (χ3n) is 2.58. The molecule has 1 aliphatic heterocycles.